The van der Waals surface area contributed by atoms with E-state index < -0.39 is 0 Å². The molecule has 1 aliphatic heterocycles. The Hall–Kier alpha value is -0.850. The molecule has 1 aromatic heterocycles. The van der Waals surface area contributed by atoms with Crippen LogP contribution in [0.2, 0.25) is 0 Å². The molecule has 1 fully saturated rings. The minimum atomic E-state index is 0.264. The lowest BCUT2D eigenvalue weighted by Gasteiger charge is -2.41. The summed E-state index contributed by atoms with van der Waals surface area (Å²) in [6.07, 6.45) is 2.98. The van der Waals surface area contributed by atoms with Crippen LogP contribution in [0, 0.1) is 0 Å². The molecule has 3 rings (SSSR count). The van der Waals surface area contributed by atoms with Crippen molar-refractivity contribution < 1.29 is 5.11 Å². The van der Waals surface area contributed by atoms with Gasteiger partial charge in [-0.1, -0.05) is 12.1 Å². The van der Waals surface area contributed by atoms with Crippen LogP contribution in [0.25, 0.3) is 0 Å². The van der Waals surface area contributed by atoms with Gasteiger partial charge >= 0.3 is 0 Å². The number of benzene rings is 1. The zero-order valence-electron chi connectivity index (χ0n) is 14.2. The maximum absolute atomic E-state index is 9.46. The summed E-state index contributed by atoms with van der Waals surface area (Å²) >= 11 is 3.56. The number of thiophene rings is 1. The van der Waals surface area contributed by atoms with E-state index in [1.165, 1.54) is 16.0 Å². The van der Waals surface area contributed by atoms with Crippen molar-refractivity contribution in [2.75, 3.05) is 32.5 Å². The zero-order valence-corrected chi connectivity index (χ0v) is 15.9. The Labute approximate surface area is 153 Å². The number of aliphatic hydroxyl groups excluding tert-OH is 1. The van der Waals surface area contributed by atoms with Crippen LogP contribution in [0.5, 0.6) is 0 Å². The van der Waals surface area contributed by atoms with Crippen LogP contribution in [-0.4, -0.2) is 53.4 Å². The summed E-state index contributed by atoms with van der Waals surface area (Å²) in [4.78, 5) is 6.40. The van der Waals surface area contributed by atoms with Gasteiger partial charge in [0.15, 0.2) is 0 Å². The van der Waals surface area contributed by atoms with Crippen LogP contribution in [0.3, 0.4) is 0 Å². The number of piperazine rings is 1. The van der Waals surface area contributed by atoms with E-state index in [1.807, 2.05) is 0 Å². The average Bonchev–Trinajstić information content (AvgIpc) is 3.11. The monoisotopic (exact) mass is 362 g/mol. The highest BCUT2D eigenvalue weighted by atomic mass is 32.2. The standard InChI is InChI=1S/C19H26N2OS2/c1-23-19-4-2-3-16(11-19)12-20-7-8-21(18(14-20)5-9-22)13-17-6-10-24-15-17/h2-4,6,10-11,15,18,22H,5,7-9,12-14H2,1H3/t18-/m1/s1. The molecule has 1 atom stereocenters. The van der Waals surface area contributed by atoms with Gasteiger partial charge in [-0.3, -0.25) is 9.80 Å². The highest BCUT2D eigenvalue weighted by Crippen LogP contribution is 2.21. The van der Waals surface area contributed by atoms with E-state index in [0.29, 0.717) is 6.04 Å². The Balaban J connectivity index is 1.61. The molecule has 0 bridgehead atoms. The van der Waals surface area contributed by atoms with Gasteiger partial charge in [-0.2, -0.15) is 11.3 Å². The van der Waals surface area contributed by atoms with Crippen molar-refractivity contribution in [2.45, 2.75) is 30.4 Å². The lowest BCUT2D eigenvalue weighted by atomic mass is 10.1. The fraction of sp³-hybridized carbons (Fsp3) is 0.474. The Kier molecular flexibility index (Phi) is 6.75. The second-order valence-corrected chi connectivity index (χ2v) is 8.01. The predicted octanol–water partition coefficient (Wildman–Crippen LogP) is 3.54. The van der Waals surface area contributed by atoms with E-state index in [9.17, 15) is 5.11 Å². The van der Waals surface area contributed by atoms with Crippen molar-refractivity contribution in [2.24, 2.45) is 0 Å². The first kappa shape index (κ1) is 18.0. The van der Waals surface area contributed by atoms with Gasteiger partial charge in [-0.15, -0.1) is 11.8 Å². The molecule has 0 spiro atoms. The SMILES string of the molecule is CSc1cccc(CN2CCN(Cc3ccsc3)[C@H](CCO)C2)c1. The molecule has 0 radical (unpaired) electrons. The molecular formula is C19H26N2OS2. The third kappa shape index (κ3) is 4.83. The quantitative estimate of drug-likeness (QED) is 0.762. The molecule has 130 valence electrons. The lowest BCUT2D eigenvalue weighted by Crippen LogP contribution is -2.52. The number of hydrogen-bond donors (Lipinski definition) is 1. The van der Waals surface area contributed by atoms with Crippen LogP contribution in [0.1, 0.15) is 17.5 Å². The van der Waals surface area contributed by atoms with E-state index in [0.717, 1.165) is 39.1 Å². The van der Waals surface area contributed by atoms with Gasteiger partial charge in [0.1, 0.15) is 0 Å². The van der Waals surface area contributed by atoms with Gasteiger partial charge in [-0.25, -0.2) is 0 Å². The number of nitrogens with zero attached hydrogens (tertiary/aromatic N) is 2. The third-order valence-electron chi connectivity index (χ3n) is 4.66. The average molecular weight is 363 g/mol. The number of aliphatic hydroxyl groups is 1. The number of thioether (sulfide) groups is 1. The summed E-state index contributed by atoms with van der Waals surface area (Å²) in [5.41, 5.74) is 2.78. The van der Waals surface area contributed by atoms with E-state index in [-0.39, 0.29) is 6.61 Å². The van der Waals surface area contributed by atoms with Crippen LogP contribution in [-0.2, 0) is 13.1 Å². The number of hydrogen-bond acceptors (Lipinski definition) is 5. The molecule has 1 N–H and O–H groups in total. The minimum Gasteiger partial charge on any atom is -0.396 e. The van der Waals surface area contributed by atoms with Crippen LogP contribution in [0.4, 0.5) is 0 Å². The van der Waals surface area contributed by atoms with E-state index >= 15 is 0 Å². The van der Waals surface area contributed by atoms with Gasteiger partial charge in [-0.05, 0) is 52.8 Å². The molecule has 1 aliphatic rings. The largest absolute Gasteiger partial charge is 0.396 e. The lowest BCUT2D eigenvalue weighted by molar-refractivity contribution is 0.0500. The summed E-state index contributed by atoms with van der Waals surface area (Å²) in [5, 5.41) is 13.8. The molecule has 0 unspecified atom stereocenters. The van der Waals surface area contributed by atoms with Gasteiger partial charge < -0.3 is 5.11 Å². The highest BCUT2D eigenvalue weighted by molar-refractivity contribution is 7.98. The van der Waals surface area contributed by atoms with Gasteiger partial charge in [0.05, 0.1) is 0 Å². The van der Waals surface area contributed by atoms with Crippen molar-refractivity contribution in [1.29, 1.82) is 0 Å². The minimum absolute atomic E-state index is 0.264. The maximum Gasteiger partial charge on any atom is 0.0446 e. The summed E-state index contributed by atoms with van der Waals surface area (Å²) in [6.45, 7) is 5.47. The molecule has 2 aromatic rings. The zero-order chi connectivity index (χ0) is 16.8. The first-order valence-corrected chi connectivity index (χ1v) is 10.7. The third-order valence-corrected chi connectivity index (χ3v) is 6.11. The molecule has 1 saturated heterocycles. The molecule has 1 aromatic carbocycles. The topological polar surface area (TPSA) is 26.7 Å². The smallest absolute Gasteiger partial charge is 0.0446 e. The van der Waals surface area contributed by atoms with Crippen molar-refractivity contribution in [3.63, 3.8) is 0 Å². The second kappa shape index (κ2) is 9.02. The second-order valence-electron chi connectivity index (χ2n) is 6.35. The summed E-state index contributed by atoms with van der Waals surface area (Å²) in [6, 6.07) is 11.5. The first-order chi connectivity index (χ1) is 11.8. The summed E-state index contributed by atoms with van der Waals surface area (Å²) in [5.74, 6) is 0. The summed E-state index contributed by atoms with van der Waals surface area (Å²) < 4.78 is 0. The predicted molar refractivity (Wildman–Crippen MR) is 104 cm³/mol. The van der Waals surface area contributed by atoms with Gasteiger partial charge in [0.25, 0.3) is 0 Å². The molecule has 0 amide bonds. The van der Waals surface area contributed by atoms with Gasteiger partial charge in [0, 0.05) is 50.3 Å². The van der Waals surface area contributed by atoms with Gasteiger partial charge in [0.2, 0.25) is 0 Å². The fourth-order valence-electron chi connectivity index (χ4n) is 3.38. The fourth-order valence-corrected chi connectivity index (χ4v) is 4.52. The van der Waals surface area contributed by atoms with Crippen molar-refractivity contribution in [3.05, 3.63) is 52.2 Å². The molecule has 3 nitrogen and oxygen atoms in total. The van der Waals surface area contributed by atoms with Crippen LogP contribution >= 0.6 is 23.1 Å². The molecule has 5 heteroatoms. The molecule has 0 saturated carbocycles. The van der Waals surface area contributed by atoms with Crippen LogP contribution in [0.15, 0.2) is 46.0 Å². The molecule has 24 heavy (non-hydrogen) atoms. The maximum atomic E-state index is 9.46. The summed E-state index contributed by atoms with van der Waals surface area (Å²) in [7, 11) is 0. The van der Waals surface area contributed by atoms with Crippen molar-refractivity contribution >= 4 is 23.1 Å². The van der Waals surface area contributed by atoms with E-state index in [2.05, 4.69) is 57.1 Å². The Bertz CT molecular complexity index is 618. The van der Waals surface area contributed by atoms with Crippen LogP contribution < -0.4 is 0 Å². The van der Waals surface area contributed by atoms with Crippen molar-refractivity contribution in [1.82, 2.24) is 9.80 Å². The normalized spacial score (nSPS) is 19.7. The Morgan fingerprint density at radius 3 is 2.88 bits per heavy atom. The first-order valence-electron chi connectivity index (χ1n) is 8.49. The van der Waals surface area contributed by atoms with E-state index in [1.54, 1.807) is 23.1 Å². The van der Waals surface area contributed by atoms with Crippen molar-refractivity contribution in [3.8, 4) is 0 Å². The Morgan fingerprint density at radius 1 is 1.21 bits per heavy atom. The molecule has 0 aliphatic carbocycles. The number of rotatable bonds is 7. The Morgan fingerprint density at radius 2 is 2.12 bits per heavy atom. The highest BCUT2D eigenvalue weighted by Gasteiger charge is 2.26. The molecular weight excluding hydrogens is 336 g/mol. The van der Waals surface area contributed by atoms with E-state index in [4.69, 9.17) is 0 Å². The molecule has 2 heterocycles.